The van der Waals surface area contributed by atoms with E-state index in [1.807, 2.05) is 30.3 Å². The third-order valence-corrected chi connectivity index (χ3v) is 3.41. The van der Waals surface area contributed by atoms with Crippen LogP contribution in [0.3, 0.4) is 0 Å². The Morgan fingerprint density at radius 2 is 1.90 bits per heavy atom. The minimum absolute atomic E-state index is 0.107. The third-order valence-electron chi connectivity index (χ3n) is 3.19. The van der Waals surface area contributed by atoms with Gasteiger partial charge in [0.1, 0.15) is 5.75 Å². The van der Waals surface area contributed by atoms with Crippen LogP contribution in [0, 0.1) is 6.92 Å². The summed E-state index contributed by atoms with van der Waals surface area (Å²) in [6.07, 6.45) is 1.25. The Morgan fingerprint density at radius 1 is 1.20 bits per heavy atom. The second-order valence-corrected chi connectivity index (χ2v) is 5.09. The van der Waals surface area contributed by atoms with Crippen molar-refractivity contribution in [2.45, 2.75) is 19.8 Å². The molecule has 2 N–H and O–H groups in total. The number of halogens is 1. The van der Waals surface area contributed by atoms with Crippen LogP contribution in [0.4, 0.5) is 0 Å². The fourth-order valence-corrected chi connectivity index (χ4v) is 2.37. The molecule has 2 rings (SSSR count). The first-order valence-corrected chi connectivity index (χ1v) is 6.74. The zero-order valence-corrected chi connectivity index (χ0v) is 11.9. The first kappa shape index (κ1) is 14.4. The number of aromatic hydroxyl groups is 1. The lowest BCUT2D eigenvalue weighted by atomic mass is 9.99. The maximum absolute atomic E-state index is 10.1. The third kappa shape index (κ3) is 3.31. The molecule has 104 valence electrons. The Bertz CT molecular complexity index is 624. The molecule has 0 bridgehead atoms. The lowest BCUT2D eigenvalue weighted by molar-refractivity contribution is 0.317. The predicted molar refractivity (Wildman–Crippen MR) is 80.9 cm³/mol. The lowest BCUT2D eigenvalue weighted by Gasteiger charge is -2.10. The van der Waals surface area contributed by atoms with Gasteiger partial charge in [-0.25, -0.2) is 0 Å². The van der Waals surface area contributed by atoms with Gasteiger partial charge in [-0.3, -0.25) is 0 Å². The van der Waals surface area contributed by atoms with E-state index in [4.69, 9.17) is 11.6 Å². The summed E-state index contributed by atoms with van der Waals surface area (Å²) in [5.74, 6) is 0.107. The van der Waals surface area contributed by atoms with E-state index >= 15 is 0 Å². The maximum Gasteiger partial charge on any atom is 0.127 e. The number of nitrogens with zero attached hydrogens (tertiary/aromatic N) is 1. The number of oxime groups is 1. The van der Waals surface area contributed by atoms with Crippen LogP contribution < -0.4 is 0 Å². The van der Waals surface area contributed by atoms with Gasteiger partial charge in [-0.15, -0.1) is 0 Å². The zero-order valence-electron chi connectivity index (χ0n) is 11.2. The molecule has 0 aliphatic carbocycles. The van der Waals surface area contributed by atoms with E-state index in [0.717, 1.165) is 12.0 Å². The molecule has 0 heterocycles. The van der Waals surface area contributed by atoms with Crippen molar-refractivity contribution < 1.29 is 10.3 Å². The summed E-state index contributed by atoms with van der Waals surface area (Å²) in [5, 5.41) is 23.1. The second kappa shape index (κ2) is 6.44. The standard InChI is InChI=1S/C16H16ClNO2/c1-11-9-13(17)10-14(16(11)19)15(18-20)8-7-12-5-3-2-4-6-12/h2-6,9-10,19-20H,7-8H2,1H3/b18-15-. The molecule has 3 nitrogen and oxygen atoms in total. The van der Waals surface area contributed by atoms with Gasteiger partial charge < -0.3 is 10.3 Å². The molecule has 0 aromatic heterocycles. The molecule has 2 aromatic carbocycles. The first-order chi connectivity index (χ1) is 9.61. The molecule has 0 spiro atoms. The number of hydrogen-bond donors (Lipinski definition) is 2. The van der Waals surface area contributed by atoms with Crippen LogP contribution in [-0.2, 0) is 6.42 Å². The van der Waals surface area contributed by atoms with Crippen LogP contribution in [0.2, 0.25) is 5.02 Å². The Kier molecular flexibility index (Phi) is 4.64. The van der Waals surface area contributed by atoms with E-state index in [0.29, 0.717) is 28.3 Å². The van der Waals surface area contributed by atoms with Crippen molar-refractivity contribution in [1.29, 1.82) is 0 Å². The molecule has 0 amide bonds. The number of phenols is 1. The summed E-state index contributed by atoms with van der Waals surface area (Å²) in [7, 11) is 0. The minimum atomic E-state index is 0.107. The fourth-order valence-electron chi connectivity index (χ4n) is 2.10. The Morgan fingerprint density at radius 3 is 2.55 bits per heavy atom. The highest BCUT2D eigenvalue weighted by atomic mass is 35.5. The predicted octanol–water partition coefficient (Wildman–Crippen LogP) is 4.17. The van der Waals surface area contributed by atoms with E-state index in [-0.39, 0.29) is 5.75 Å². The summed E-state index contributed by atoms with van der Waals surface area (Å²) in [6.45, 7) is 1.76. The van der Waals surface area contributed by atoms with E-state index in [1.54, 1.807) is 19.1 Å². The SMILES string of the molecule is Cc1cc(Cl)cc(/C(CCc2ccccc2)=N\O)c1O. The van der Waals surface area contributed by atoms with E-state index in [1.165, 1.54) is 0 Å². The Hall–Kier alpha value is -2.00. The molecule has 2 aromatic rings. The van der Waals surface area contributed by atoms with Gasteiger partial charge in [0.2, 0.25) is 0 Å². The molecule has 20 heavy (non-hydrogen) atoms. The molecule has 0 saturated carbocycles. The summed E-state index contributed by atoms with van der Waals surface area (Å²) in [5.41, 5.74) is 2.71. The highest BCUT2D eigenvalue weighted by Crippen LogP contribution is 2.28. The summed E-state index contributed by atoms with van der Waals surface area (Å²) < 4.78 is 0. The molecular weight excluding hydrogens is 274 g/mol. The number of phenolic OH excluding ortho intramolecular Hbond substituents is 1. The fraction of sp³-hybridized carbons (Fsp3) is 0.188. The molecule has 0 saturated heterocycles. The lowest BCUT2D eigenvalue weighted by Crippen LogP contribution is -2.04. The van der Waals surface area contributed by atoms with Crippen LogP contribution in [0.15, 0.2) is 47.6 Å². The summed E-state index contributed by atoms with van der Waals surface area (Å²) >= 11 is 5.99. The zero-order chi connectivity index (χ0) is 14.5. The smallest absolute Gasteiger partial charge is 0.127 e. The van der Waals surface area contributed by atoms with Crippen LogP contribution in [0.1, 0.15) is 23.1 Å². The van der Waals surface area contributed by atoms with Gasteiger partial charge in [-0.2, -0.15) is 0 Å². The van der Waals surface area contributed by atoms with Crippen molar-refractivity contribution >= 4 is 17.3 Å². The van der Waals surface area contributed by atoms with Crippen molar-refractivity contribution in [1.82, 2.24) is 0 Å². The Balaban J connectivity index is 2.22. The van der Waals surface area contributed by atoms with Gasteiger partial charge in [-0.05, 0) is 43.0 Å². The molecule has 0 aliphatic heterocycles. The normalized spacial score (nSPS) is 11.6. The van der Waals surface area contributed by atoms with Crippen molar-refractivity contribution in [2.75, 3.05) is 0 Å². The quantitative estimate of drug-likeness (QED) is 0.504. The molecule has 0 unspecified atom stereocenters. The summed E-state index contributed by atoms with van der Waals surface area (Å²) in [4.78, 5) is 0. The minimum Gasteiger partial charge on any atom is -0.507 e. The van der Waals surface area contributed by atoms with Crippen LogP contribution >= 0.6 is 11.6 Å². The van der Waals surface area contributed by atoms with Crippen LogP contribution in [-0.4, -0.2) is 16.0 Å². The molecule has 4 heteroatoms. The number of benzene rings is 2. The van der Waals surface area contributed by atoms with Crippen LogP contribution in [0.5, 0.6) is 5.75 Å². The van der Waals surface area contributed by atoms with Gasteiger partial charge >= 0.3 is 0 Å². The average Bonchev–Trinajstić information content (AvgIpc) is 2.45. The number of rotatable bonds is 4. The molecular formula is C16H16ClNO2. The topological polar surface area (TPSA) is 52.8 Å². The van der Waals surface area contributed by atoms with Gasteiger partial charge in [0, 0.05) is 10.6 Å². The van der Waals surface area contributed by atoms with Crippen LogP contribution in [0.25, 0.3) is 0 Å². The van der Waals surface area contributed by atoms with Crippen molar-refractivity contribution in [3.63, 3.8) is 0 Å². The molecule has 0 atom stereocenters. The average molecular weight is 290 g/mol. The second-order valence-electron chi connectivity index (χ2n) is 4.65. The van der Waals surface area contributed by atoms with Crippen molar-refractivity contribution in [3.8, 4) is 5.75 Å². The molecule has 0 aliphatic rings. The molecule has 0 radical (unpaired) electrons. The van der Waals surface area contributed by atoms with E-state index in [2.05, 4.69) is 5.16 Å². The summed E-state index contributed by atoms with van der Waals surface area (Å²) in [6, 6.07) is 13.2. The maximum atomic E-state index is 10.1. The first-order valence-electron chi connectivity index (χ1n) is 6.36. The highest BCUT2D eigenvalue weighted by molar-refractivity contribution is 6.31. The van der Waals surface area contributed by atoms with Gasteiger partial charge in [0.25, 0.3) is 0 Å². The monoisotopic (exact) mass is 289 g/mol. The number of aryl methyl sites for hydroxylation is 2. The van der Waals surface area contributed by atoms with E-state index < -0.39 is 0 Å². The van der Waals surface area contributed by atoms with Gasteiger partial charge in [-0.1, -0.05) is 47.1 Å². The largest absolute Gasteiger partial charge is 0.507 e. The molecule has 0 fully saturated rings. The number of hydrogen-bond acceptors (Lipinski definition) is 3. The van der Waals surface area contributed by atoms with Gasteiger partial charge in [0.05, 0.1) is 5.71 Å². The van der Waals surface area contributed by atoms with Crippen molar-refractivity contribution in [3.05, 3.63) is 64.2 Å². The highest BCUT2D eigenvalue weighted by Gasteiger charge is 2.13. The van der Waals surface area contributed by atoms with Crippen molar-refractivity contribution in [2.24, 2.45) is 5.16 Å². The van der Waals surface area contributed by atoms with Gasteiger partial charge in [0.15, 0.2) is 0 Å². The Labute approximate surface area is 123 Å². The van der Waals surface area contributed by atoms with E-state index in [9.17, 15) is 10.3 Å².